The van der Waals surface area contributed by atoms with Gasteiger partial charge in [0.15, 0.2) is 0 Å². The van der Waals surface area contributed by atoms with Crippen LogP contribution in [0.4, 0.5) is 5.69 Å². The molecule has 0 aromatic heterocycles. The number of ether oxygens (including phenoxy) is 1. The second-order valence-electron chi connectivity index (χ2n) is 5.93. The lowest BCUT2D eigenvalue weighted by Gasteiger charge is -2.32. The Bertz CT molecular complexity index is 566. The van der Waals surface area contributed by atoms with E-state index in [-0.39, 0.29) is 6.04 Å². The first-order valence-corrected chi connectivity index (χ1v) is 9.40. The molecule has 1 aliphatic heterocycles. The molecule has 1 aromatic carbocycles. The highest BCUT2D eigenvalue weighted by atomic mass is 32.2. The number of anilines is 1. The van der Waals surface area contributed by atoms with Crippen LogP contribution in [0.15, 0.2) is 24.3 Å². The maximum Gasteiger partial charge on any atom is 0.208 e. The summed E-state index contributed by atoms with van der Waals surface area (Å²) in [5, 5.41) is 0. The predicted octanol–water partition coefficient (Wildman–Crippen LogP) is -0.742. The molecule has 0 amide bonds. The van der Waals surface area contributed by atoms with E-state index in [1.54, 1.807) is 0 Å². The number of hydrogen-bond acceptors (Lipinski definition) is 4. The number of sulfonamides is 1. The van der Waals surface area contributed by atoms with Crippen LogP contribution in [0.1, 0.15) is 11.6 Å². The zero-order valence-corrected chi connectivity index (χ0v) is 14.3. The fraction of sp³-hybridized carbons (Fsp3) is 0.600. The molecule has 0 unspecified atom stereocenters. The topological polar surface area (TPSA) is 63.1 Å². The van der Waals surface area contributed by atoms with E-state index >= 15 is 0 Å². The fourth-order valence-electron chi connectivity index (χ4n) is 2.72. The molecule has 1 saturated heterocycles. The van der Waals surface area contributed by atoms with Crippen molar-refractivity contribution in [3.8, 4) is 0 Å². The number of quaternary nitrogens is 1. The van der Waals surface area contributed by atoms with E-state index in [0.29, 0.717) is 6.54 Å². The summed E-state index contributed by atoms with van der Waals surface area (Å²) in [6, 6.07) is 8.43. The van der Waals surface area contributed by atoms with E-state index in [9.17, 15) is 8.42 Å². The summed E-state index contributed by atoms with van der Waals surface area (Å²) in [7, 11) is 0.820. The van der Waals surface area contributed by atoms with Gasteiger partial charge in [-0.05, 0) is 12.1 Å². The van der Waals surface area contributed by atoms with Gasteiger partial charge in [-0.1, -0.05) is 12.1 Å². The number of nitrogens with zero attached hydrogens (tertiary/aromatic N) is 1. The molecule has 1 fully saturated rings. The highest BCUT2D eigenvalue weighted by Crippen LogP contribution is 2.16. The van der Waals surface area contributed by atoms with Gasteiger partial charge in [0.1, 0.15) is 19.1 Å². The van der Waals surface area contributed by atoms with Crippen molar-refractivity contribution >= 4 is 15.7 Å². The molecule has 1 aliphatic rings. The molecule has 1 aromatic rings. The summed E-state index contributed by atoms with van der Waals surface area (Å²) in [5.41, 5.74) is 2.29. The van der Waals surface area contributed by atoms with Gasteiger partial charge >= 0.3 is 0 Å². The average molecular weight is 328 g/mol. The van der Waals surface area contributed by atoms with Crippen molar-refractivity contribution in [1.82, 2.24) is 4.72 Å². The number of nitrogens with one attached hydrogen (secondary N) is 2. The zero-order chi connectivity index (χ0) is 16.2. The minimum atomic E-state index is -3.19. The van der Waals surface area contributed by atoms with E-state index in [2.05, 4.69) is 33.9 Å². The first kappa shape index (κ1) is 17.2. The third-order valence-electron chi connectivity index (χ3n) is 3.99. The third-order valence-corrected chi connectivity index (χ3v) is 4.68. The Labute approximate surface area is 133 Å². The van der Waals surface area contributed by atoms with Crippen LogP contribution < -0.4 is 14.5 Å². The van der Waals surface area contributed by atoms with Crippen LogP contribution in [0.3, 0.4) is 0 Å². The number of rotatable bonds is 6. The van der Waals surface area contributed by atoms with Gasteiger partial charge in [-0.3, -0.25) is 0 Å². The maximum atomic E-state index is 11.4. The van der Waals surface area contributed by atoms with Crippen LogP contribution >= 0.6 is 0 Å². The summed E-state index contributed by atoms with van der Waals surface area (Å²) in [6.45, 7) is 3.65. The van der Waals surface area contributed by atoms with Crippen molar-refractivity contribution in [2.24, 2.45) is 0 Å². The summed E-state index contributed by atoms with van der Waals surface area (Å²) in [6.07, 6.45) is 1.20. The number of morpholine rings is 1. The Hall–Kier alpha value is -1.15. The fourth-order valence-corrected chi connectivity index (χ4v) is 3.19. The summed E-state index contributed by atoms with van der Waals surface area (Å²) in [4.78, 5) is 3.41. The minimum absolute atomic E-state index is 0.106. The highest BCUT2D eigenvalue weighted by molar-refractivity contribution is 7.88. The largest absolute Gasteiger partial charge is 0.378 e. The molecule has 22 heavy (non-hydrogen) atoms. The van der Waals surface area contributed by atoms with Crippen LogP contribution in [0.5, 0.6) is 0 Å². The molecule has 2 N–H and O–H groups in total. The Morgan fingerprint density at radius 1 is 1.23 bits per heavy atom. The first-order chi connectivity index (χ1) is 10.4. The normalized spacial score (nSPS) is 18.1. The van der Waals surface area contributed by atoms with Gasteiger partial charge in [0.2, 0.25) is 10.0 Å². The maximum absolute atomic E-state index is 11.4. The Morgan fingerprint density at radius 2 is 1.82 bits per heavy atom. The third kappa shape index (κ3) is 4.95. The number of hydrogen-bond donors (Lipinski definition) is 2. The van der Waals surface area contributed by atoms with Crippen molar-refractivity contribution in [3.05, 3.63) is 29.8 Å². The van der Waals surface area contributed by atoms with Crippen LogP contribution in [0.2, 0.25) is 0 Å². The van der Waals surface area contributed by atoms with E-state index in [1.807, 2.05) is 14.1 Å². The second-order valence-corrected chi connectivity index (χ2v) is 7.76. The molecule has 0 saturated carbocycles. The van der Waals surface area contributed by atoms with Gasteiger partial charge in [0.05, 0.1) is 26.0 Å². The second kappa shape index (κ2) is 7.41. The Balaban J connectivity index is 2.18. The monoisotopic (exact) mass is 328 g/mol. The van der Waals surface area contributed by atoms with Crippen molar-refractivity contribution in [1.29, 1.82) is 0 Å². The zero-order valence-electron chi connectivity index (χ0n) is 13.5. The van der Waals surface area contributed by atoms with E-state index < -0.39 is 10.0 Å². The molecule has 2 rings (SSSR count). The lowest BCUT2D eigenvalue weighted by atomic mass is 10.0. The highest BCUT2D eigenvalue weighted by Gasteiger charge is 2.27. The molecule has 0 spiro atoms. The van der Waals surface area contributed by atoms with Crippen LogP contribution in [0.25, 0.3) is 0 Å². The summed E-state index contributed by atoms with van der Waals surface area (Å²) >= 11 is 0. The van der Waals surface area contributed by atoms with Gasteiger partial charge in [-0.25, -0.2) is 13.1 Å². The lowest BCUT2D eigenvalue weighted by molar-refractivity contribution is -0.937. The van der Waals surface area contributed by atoms with Crippen LogP contribution in [-0.4, -0.2) is 61.6 Å². The van der Waals surface area contributed by atoms with Crippen molar-refractivity contribution in [3.63, 3.8) is 0 Å². The summed E-state index contributed by atoms with van der Waals surface area (Å²) in [5.74, 6) is 0. The van der Waals surface area contributed by atoms with Crippen LogP contribution in [0, 0.1) is 0 Å². The average Bonchev–Trinajstić information content (AvgIpc) is 2.48. The lowest BCUT2D eigenvalue weighted by Crippen LogP contribution is -3.15. The van der Waals surface area contributed by atoms with Gasteiger partial charge in [0, 0.05) is 25.3 Å². The molecule has 0 bridgehead atoms. The molecule has 1 atom stereocenters. The number of benzene rings is 1. The van der Waals surface area contributed by atoms with Crippen molar-refractivity contribution in [2.75, 3.05) is 58.1 Å². The van der Waals surface area contributed by atoms with Crippen LogP contribution in [-0.2, 0) is 14.8 Å². The molecule has 1 heterocycles. The van der Waals surface area contributed by atoms with Crippen molar-refractivity contribution in [2.45, 2.75) is 6.04 Å². The first-order valence-electron chi connectivity index (χ1n) is 7.51. The molecular weight excluding hydrogens is 302 g/mol. The van der Waals surface area contributed by atoms with E-state index in [0.717, 1.165) is 37.6 Å². The Morgan fingerprint density at radius 3 is 2.32 bits per heavy atom. The van der Waals surface area contributed by atoms with Gasteiger partial charge in [-0.15, -0.1) is 0 Å². The SMILES string of the molecule is CN(C)c1ccc([C@H](CNS(C)(=O)=O)[NH+]2CCOCC2)cc1. The van der Waals surface area contributed by atoms with Gasteiger partial charge < -0.3 is 14.5 Å². The quantitative estimate of drug-likeness (QED) is 0.722. The molecule has 0 aliphatic carbocycles. The Kier molecular flexibility index (Phi) is 5.80. The summed E-state index contributed by atoms with van der Waals surface area (Å²) < 4.78 is 31.0. The molecule has 0 radical (unpaired) electrons. The smallest absolute Gasteiger partial charge is 0.208 e. The van der Waals surface area contributed by atoms with Crippen molar-refractivity contribution < 1.29 is 18.1 Å². The van der Waals surface area contributed by atoms with E-state index in [1.165, 1.54) is 11.2 Å². The standard InChI is InChI=1S/C15H25N3O3S/c1-17(2)14-6-4-13(5-7-14)15(12-16-22(3,19)20)18-8-10-21-11-9-18/h4-7,15-16H,8-12H2,1-3H3/p+1/t15-/m0/s1. The molecular formula is C15H26N3O3S+. The molecule has 6 nitrogen and oxygen atoms in total. The van der Waals surface area contributed by atoms with Gasteiger partial charge in [-0.2, -0.15) is 0 Å². The molecule has 124 valence electrons. The minimum Gasteiger partial charge on any atom is -0.378 e. The molecule has 7 heteroatoms. The van der Waals surface area contributed by atoms with E-state index in [4.69, 9.17) is 4.74 Å². The van der Waals surface area contributed by atoms with Gasteiger partial charge in [0.25, 0.3) is 0 Å². The predicted molar refractivity (Wildman–Crippen MR) is 87.9 cm³/mol.